The smallest absolute Gasteiger partial charge is 0.0989 e. The molecule has 2 aromatic rings. The van der Waals surface area contributed by atoms with Crippen molar-refractivity contribution in [3.63, 3.8) is 0 Å². The third kappa shape index (κ3) is 0.866. The summed E-state index contributed by atoms with van der Waals surface area (Å²) in [7, 11) is 0. The number of hydrogen-bond acceptors (Lipinski definition) is 1. The highest BCUT2D eigenvalue weighted by atomic mass is 32.1. The Labute approximate surface area is 63.5 Å². The van der Waals surface area contributed by atoms with E-state index in [9.17, 15) is 0 Å². The first-order chi connectivity index (χ1) is 4.97. The summed E-state index contributed by atoms with van der Waals surface area (Å²) in [5.74, 6) is 0. The molecular formula is C8H6NS. The molecule has 49 valence electrons. The Morgan fingerprint density at radius 2 is 2.50 bits per heavy atom. The van der Waals surface area contributed by atoms with Crippen molar-refractivity contribution in [2.24, 2.45) is 0 Å². The highest BCUT2D eigenvalue weighted by Crippen LogP contribution is 2.13. The molecule has 0 aliphatic rings. The van der Waals surface area contributed by atoms with Crippen LogP contribution in [0.25, 0.3) is 5.00 Å². The minimum Gasteiger partial charge on any atom is -0.315 e. The van der Waals surface area contributed by atoms with Crippen molar-refractivity contribution in [3.05, 3.63) is 42.0 Å². The maximum atomic E-state index is 2.99. The summed E-state index contributed by atoms with van der Waals surface area (Å²) in [4.78, 5) is 0. The molecule has 0 saturated carbocycles. The maximum absolute atomic E-state index is 2.99. The molecule has 0 spiro atoms. The molecule has 0 fully saturated rings. The second-order valence-corrected chi connectivity index (χ2v) is 2.90. The van der Waals surface area contributed by atoms with Crippen LogP contribution in [0.2, 0.25) is 0 Å². The molecule has 0 unspecified atom stereocenters. The number of hydrogen-bond donors (Lipinski definition) is 0. The van der Waals surface area contributed by atoms with E-state index in [0.29, 0.717) is 0 Å². The maximum Gasteiger partial charge on any atom is 0.0989 e. The Bertz CT molecular complexity index is 249. The van der Waals surface area contributed by atoms with Gasteiger partial charge in [0.25, 0.3) is 0 Å². The van der Waals surface area contributed by atoms with Crippen LogP contribution in [0.1, 0.15) is 0 Å². The van der Waals surface area contributed by atoms with Crippen LogP contribution in [0.3, 0.4) is 0 Å². The molecule has 2 rings (SSSR count). The Hall–Kier alpha value is -1.02. The molecular weight excluding hydrogens is 142 g/mol. The van der Waals surface area contributed by atoms with E-state index < -0.39 is 0 Å². The van der Waals surface area contributed by atoms with E-state index in [1.807, 2.05) is 29.1 Å². The number of aromatic nitrogens is 1. The van der Waals surface area contributed by atoms with Gasteiger partial charge in [-0.25, -0.2) is 0 Å². The van der Waals surface area contributed by atoms with Crippen LogP contribution in [0.5, 0.6) is 0 Å². The van der Waals surface area contributed by atoms with E-state index in [1.54, 1.807) is 11.3 Å². The molecule has 0 bridgehead atoms. The summed E-state index contributed by atoms with van der Waals surface area (Å²) in [6, 6.07) is 9.01. The normalized spacial score (nSPS) is 10.0. The van der Waals surface area contributed by atoms with Gasteiger partial charge in [0.2, 0.25) is 0 Å². The molecule has 10 heavy (non-hydrogen) atoms. The first-order valence-electron chi connectivity index (χ1n) is 3.05. The van der Waals surface area contributed by atoms with Crippen LogP contribution >= 0.6 is 11.3 Å². The van der Waals surface area contributed by atoms with Crippen molar-refractivity contribution >= 4 is 11.3 Å². The summed E-state index contributed by atoms with van der Waals surface area (Å²) in [5.41, 5.74) is 0. The van der Waals surface area contributed by atoms with Gasteiger partial charge in [-0.1, -0.05) is 0 Å². The van der Waals surface area contributed by atoms with Gasteiger partial charge < -0.3 is 4.57 Å². The van der Waals surface area contributed by atoms with Crippen molar-refractivity contribution in [1.29, 1.82) is 0 Å². The number of thiophene rings is 1. The Balaban J connectivity index is 2.48. The topological polar surface area (TPSA) is 4.93 Å². The fourth-order valence-electron chi connectivity index (χ4n) is 0.844. The molecule has 2 aromatic heterocycles. The van der Waals surface area contributed by atoms with Crippen LogP contribution in [0, 0.1) is 6.07 Å². The minimum atomic E-state index is 1.24. The molecule has 0 aliphatic heterocycles. The Morgan fingerprint density at radius 3 is 3.10 bits per heavy atom. The fourth-order valence-corrected chi connectivity index (χ4v) is 1.53. The summed E-state index contributed by atoms with van der Waals surface area (Å²) in [6.45, 7) is 0. The zero-order chi connectivity index (χ0) is 6.81. The summed E-state index contributed by atoms with van der Waals surface area (Å²) < 4.78 is 2.05. The molecule has 0 aliphatic carbocycles. The standard InChI is InChI=1S/C8H6NS/c1-2-6-9(5-1)8-4-3-7-10-8/h1,3-7H. The number of rotatable bonds is 1. The first kappa shape index (κ1) is 5.74. The van der Waals surface area contributed by atoms with Gasteiger partial charge in [-0.05, 0) is 23.6 Å². The van der Waals surface area contributed by atoms with Crippen molar-refractivity contribution in [3.8, 4) is 5.00 Å². The first-order valence-corrected chi connectivity index (χ1v) is 3.93. The van der Waals surface area contributed by atoms with Crippen LogP contribution in [-0.4, -0.2) is 4.57 Å². The van der Waals surface area contributed by atoms with Crippen molar-refractivity contribution in [2.45, 2.75) is 0 Å². The Kier molecular flexibility index (Phi) is 1.32. The van der Waals surface area contributed by atoms with E-state index in [4.69, 9.17) is 0 Å². The van der Waals surface area contributed by atoms with E-state index in [0.717, 1.165) is 0 Å². The highest BCUT2D eigenvalue weighted by molar-refractivity contribution is 7.12. The quantitative estimate of drug-likeness (QED) is 0.585. The molecule has 1 radical (unpaired) electrons. The average molecular weight is 148 g/mol. The third-order valence-corrected chi connectivity index (χ3v) is 2.19. The molecule has 0 saturated heterocycles. The van der Waals surface area contributed by atoms with Crippen LogP contribution in [-0.2, 0) is 0 Å². The van der Waals surface area contributed by atoms with Crippen molar-refractivity contribution in [2.75, 3.05) is 0 Å². The van der Waals surface area contributed by atoms with E-state index in [1.165, 1.54) is 5.00 Å². The van der Waals surface area contributed by atoms with Gasteiger partial charge in [0.1, 0.15) is 0 Å². The largest absolute Gasteiger partial charge is 0.315 e. The lowest BCUT2D eigenvalue weighted by Crippen LogP contribution is -1.81. The van der Waals surface area contributed by atoms with Crippen LogP contribution in [0.4, 0.5) is 0 Å². The van der Waals surface area contributed by atoms with Crippen molar-refractivity contribution < 1.29 is 0 Å². The highest BCUT2D eigenvalue weighted by Gasteiger charge is 1.91. The average Bonchev–Trinajstić information content (AvgIpc) is 2.59. The van der Waals surface area contributed by atoms with Gasteiger partial charge in [-0.3, -0.25) is 0 Å². The molecule has 0 aromatic carbocycles. The predicted octanol–water partition coefficient (Wildman–Crippen LogP) is 2.34. The minimum absolute atomic E-state index is 1.24. The fraction of sp³-hybridized carbons (Fsp3) is 0. The third-order valence-electron chi connectivity index (χ3n) is 1.31. The van der Waals surface area contributed by atoms with Gasteiger partial charge in [0.05, 0.1) is 5.00 Å². The Morgan fingerprint density at radius 1 is 1.50 bits per heavy atom. The van der Waals surface area contributed by atoms with Gasteiger partial charge in [0.15, 0.2) is 0 Å². The van der Waals surface area contributed by atoms with E-state index in [2.05, 4.69) is 17.5 Å². The van der Waals surface area contributed by atoms with Gasteiger partial charge >= 0.3 is 0 Å². The summed E-state index contributed by atoms with van der Waals surface area (Å²) in [6.07, 6.45) is 3.91. The molecule has 1 nitrogen and oxygen atoms in total. The molecule has 0 atom stereocenters. The SMILES string of the molecule is [c]1ccn(-c2cccs2)c1. The van der Waals surface area contributed by atoms with Crippen LogP contribution in [0.15, 0.2) is 36.0 Å². The summed E-state index contributed by atoms with van der Waals surface area (Å²) >= 11 is 1.72. The van der Waals surface area contributed by atoms with Gasteiger partial charge in [0, 0.05) is 18.5 Å². The van der Waals surface area contributed by atoms with Crippen LogP contribution < -0.4 is 0 Å². The lowest BCUT2D eigenvalue weighted by Gasteiger charge is -1.93. The molecule has 2 heteroatoms. The molecule has 0 amide bonds. The van der Waals surface area contributed by atoms with Crippen molar-refractivity contribution in [1.82, 2.24) is 4.57 Å². The lowest BCUT2D eigenvalue weighted by molar-refractivity contribution is 1.11. The summed E-state index contributed by atoms with van der Waals surface area (Å²) in [5, 5.41) is 3.30. The molecule has 2 heterocycles. The van der Waals surface area contributed by atoms with Gasteiger partial charge in [-0.2, -0.15) is 0 Å². The van der Waals surface area contributed by atoms with Gasteiger partial charge in [-0.15, -0.1) is 11.3 Å². The zero-order valence-electron chi connectivity index (χ0n) is 5.32. The molecule has 0 N–H and O–H groups in total. The predicted molar refractivity (Wildman–Crippen MR) is 42.5 cm³/mol. The lowest BCUT2D eigenvalue weighted by atomic mass is 10.6. The monoisotopic (exact) mass is 148 g/mol. The van der Waals surface area contributed by atoms with E-state index in [-0.39, 0.29) is 0 Å². The second-order valence-electron chi connectivity index (χ2n) is 1.97. The van der Waals surface area contributed by atoms with E-state index >= 15 is 0 Å². The zero-order valence-corrected chi connectivity index (χ0v) is 6.14. The number of nitrogens with zero attached hydrogens (tertiary/aromatic N) is 1. The second kappa shape index (κ2) is 2.31.